The second kappa shape index (κ2) is 12.6. The second-order valence-electron chi connectivity index (χ2n) is 11.2. The Balaban J connectivity index is 0.000000401. The summed E-state index contributed by atoms with van der Waals surface area (Å²) in [6.07, 6.45) is 3.22. The molecule has 3 aromatic carbocycles. The molecule has 0 bridgehead atoms. The first kappa shape index (κ1) is 32.2. The fourth-order valence-electron chi connectivity index (χ4n) is 3.73. The monoisotopic (exact) mass is 675 g/mol. The van der Waals surface area contributed by atoms with E-state index < -0.39 is 5.41 Å². The second-order valence-corrected chi connectivity index (χ2v) is 11.2. The van der Waals surface area contributed by atoms with Crippen LogP contribution in [0.4, 0.5) is 0 Å². The van der Waals surface area contributed by atoms with E-state index in [-0.39, 0.29) is 44.5 Å². The summed E-state index contributed by atoms with van der Waals surface area (Å²) in [6, 6.07) is 22.7. The SMILES string of the molecule is C.CC(C)(C)C(=O)C=C(O)C(C)(C)C.Cc1[c-]c(-c2nccc3ccc4ccccc4c23)cc(C)c1.[Ir]. The first-order valence-corrected chi connectivity index (χ1v) is 12.0. The summed E-state index contributed by atoms with van der Waals surface area (Å²) in [6.45, 7) is 15.3. The average molecular weight is 675 g/mol. The van der Waals surface area contributed by atoms with Gasteiger partial charge in [-0.15, -0.1) is 34.9 Å². The Kier molecular flexibility index (Phi) is 11.0. The predicted molar refractivity (Wildman–Crippen MR) is 154 cm³/mol. The number of fused-ring (bicyclic) bond motifs is 3. The Bertz CT molecular complexity index is 1390. The van der Waals surface area contributed by atoms with Crippen molar-refractivity contribution >= 4 is 27.3 Å². The van der Waals surface area contributed by atoms with Crippen LogP contribution in [-0.4, -0.2) is 15.9 Å². The minimum atomic E-state index is -0.417. The molecule has 1 radical (unpaired) electrons. The number of hydrogen-bond acceptors (Lipinski definition) is 3. The standard InChI is InChI=1S/C21H16N.C11H20O2.CH4.Ir/c1-14-11-15(2)13-18(12-14)21-20-17(9-10-22-21)8-7-16-5-3-4-6-19(16)20;1-10(2,3)8(12)7-9(13)11(4,5)6;;/h3-12H,1-2H3;7,12H,1-6H3;1H4;/q-1;;;. The molecule has 4 rings (SSSR count). The van der Waals surface area contributed by atoms with Gasteiger partial charge in [0.05, 0.1) is 0 Å². The fourth-order valence-corrected chi connectivity index (χ4v) is 3.73. The number of pyridine rings is 1. The van der Waals surface area contributed by atoms with Crippen molar-refractivity contribution in [1.29, 1.82) is 0 Å². The Morgan fingerprint density at radius 1 is 0.892 bits per heavy atom. The van der Waals surface area contributed by atoms with Crippen molar-refractivity contribution in [3.63, 3.8) is 0 Å². The van der Waals surface area contributed by atoms with E-state index in [2.05, 4.69) is 79.5 Å². The molecular weight excluding hydrogens is 635 g/mol. The van der Waals surface area contributed by atoms with E-state index in [9.17, 15) is 9.90 Å². The van der Waals surface area contributed by atoms with Crippen LogP contribution in [0.3, 0.4) is 0 Å². The summed E-state index contributed by atoms with van der Waals surface area (Å²) in [7, 11) is 0. The van der Waals surface area contributed by atoms with Crippen LogP contribution >= 0.6 is 0 Å². The number of carbonyl (C=O) groups is 1. The maximum Gasteiger partial charge on any atom is 0.164 e. The van der Waals surface area contributed by atoms with Crippen molar-refractivity contribution in [2.75, 3.05) is 0 Å². The molecule has 0 saturated carbocycles. The molecule has 4 heteroatoms. The van der Waals surface area contributed by atoms with Crippen LogP contribution in [0.25, 0.3) is 32.8 Å². The summed E-state index contributed by atoms with van der Waals surface area (Å²) in [5.41, 5.74) is 3.71. The van der Waals surface area contributed by atoms with Gasteiger partial charge in [0.1, 0.15) is 5.76 Å². The van der Waals surface area contributed by atoms with Crippen molar-refractivity contribution < 1.29 is 30.0 Å². The van der Waals surface area contributed by atoms with Crippen LogP contribution in [0, 0.1) is 30.7 Å². The van der Waals surface area contributed by atoms with Crippen LogP contribution < -0.4 is 0 Å². The zero-order valence-corrected chi connectivity index (χ0v) is 24.9. The van der Waals surface area contributed by atoms with Gasteiger partial charge in [0.2, 0.25) is 0 Å². The van der Waals surface area contributed by atoms with Gasteiger partial charge in [-0.25, -0.2) is 0 Å². The van der Waals surface area contributed by atoms with E-state index in [4.69, 9.17) is 0 Å². The Hall–Kier alpha value is -2.81. The van der Waals surface area contributed by atoms with Gasteiger partial charge in [-0.2, -0.15) is 0 Å². The number of nitrogens with zero attached hydrogens (tertiary/aromatic N) is 1. The molecule has 0 fully saturated rings. The number of allylic oxidation sites excluding steroid dienone is 2. The molecule has 1 N–H and O–H groups in total. The molecule has 0 aliphatic heterocycles. The Morgan fingerprint density at radius 3 is 2.11 bits per heavy atom. The molecule has 0 spiro atoms. The quantitative estimate of drug-likeness (QED) is 0.0999. The van der Waals surface area contributed by atoms with E-state index >= 15 is 0 Å². The van der Waals surface area contributed by atoms with Gasteiger partial charge in [-0.1, -0.05) is 99.2 Å². The number of aliphatic hydroxyl groups is 1. The van der Waals surface area contributed by atoms with Gasteiger partial charge in [0, 0.05) is 43.2 Å². The van der Waals surface area contributed by atoms with Crippen molar-refractivity contribution in [2.24, 2.45) is 10.8 Å². The number of ketones is 1. The molecule has 0 atom stereocenters. The first-order chi connectivity index (χ1) is 16.3. The molecule has 199 valence electrons. The molecule has 0 aliphatic rings. The number of carbonyl (C=O) groups excluding carboxylic acids is 1. The maximum absolute atomic E-state index is 11.5. The van der Waals surface area contributed by atoms with Crippen LogP contribution in [0.2, 0.25) is 0 Å². The molecule has 4 aromatic rings. The van der Waals surface area contributed by atoms with Crippen LogP contribution in [0.1, 0.15) is 60.1 Å². The Morgan fingerprint density at radius 2 is 1.51 bits per heavy atom. The van der Waals surface area contributed by atoms with Crippen LogP contribution in [0.15, 0.2) is 72.6 Å². The van der Waals surface area contributed by atoms with Crippen molar-refractivity contribution in [2.45, 2.75) is 62.8 Å². The third-order valence-corrected chi connectivity index (χ3v) is 5.83. The smallest absolute Gasteiger partial charge is 0.164 e. The third kappa shape index (κ3) is 8.09. The fraction of sp³-hybridized carbons (Fsp3) is 0.333. The molecule has 1 aromatic heterocycles. The molecule has 0 unspecified atom stereocenters. The molecule has 3 nitrogen and oxygen atoms in total. The zero-order valence-electron chi connectivity index (χ0n) is 22.5. The molecule has 0 amide bonds. The number of aromatic nitrogens is 1. The van der Waals surface area contributed by atoms with Gasteiger partial charge in [-0.05, 0) is 33.3 Å². The van der Waals surface area contributed by atoms with E-state index in [1.54, 1.807) is 0 Å². The number of hydrogen-bond donors (Lipinski definition) is 1. The number of aryl methyl sites for hydroxylation is 2. The predicted octanol–water partition coefficient (Wildman–Crippen LogP) is 9.20. The largest absolute Gasteiger partial charge is 0.512 e. The zero-order chi connectivity index (χ0) is 26.0. The number of aliphatic hydroxyl groups excluding tert-OH is 1. The van der Waals surface area contributed by atoms with Crippen molar-refractivity contribution in [3.8, 4) is 11.3 Å². The minimum absolute atomic E-state index is 0. The van der Waals surface area contributed by atoms with Gasteiger partial charge in [-0.3, -0.25) is 4.79 Å². The topological polar surface area (TPSA) is 50.2 Å². The molecule has 37 heavy (non-hydrogen) atoms. The average Bonchev–Trinajstić information content (AvgIpc) is 2.77. The maximum atomic E-state index is 11.5. The van der Waals surface area contributed by atoms with E-state index in [0.29, 0.717) is 0 Å². The minimum Gasteiger partial charge on any atom is -0.512 e. The van der Waals surface area contributed by atoms with Gasteiger partial charge in [0.15, 0.2) is 5.78 Å². The van der Waals surface area contributed by atoms with Crippen LogP contribution in [0.5, 0.6) is 0 Å². The van der Waals surface area contributed by atoms with Gasteiger partial charge >= 0.3 is 0 Å². The van der Waals surface area contributed by atoms with Crippen molar-refractivity contribution in [3.05, 3.63) is 89.8 Å². The number of rotatable bonds is 2. The summed E-state index contributed by atoms with van der Waals surface area (Å²) in [5.74, 6) is 0.104. The summed E-state index contributed by atoms with van der Waals surface area (Å²) in [5, 5.41) is 14.5. The van der Waals surface area contributed by atoms with Gasteiger partial charge < -0.3 is 10.1 Å². The summed E-state index contributed by atoms with van der Waals surface area (Å²) >= 11 is 0. The molecule has 0 aliphatic carbocycles. The third-order valence-electron chi connectivity index (χ3n) is 5.83. The normalized spacial score (nSPS) is 11.7. The molecule has 0 saturated heterocycles. The van der Waals surface area contributed by atoms with E-state index in [0.717, 1.165) is 16.8 Å². The summed E-state index contributed by atoms with van der Waals surface area (Å²) < 4.78 is 0. The molecule has 1 heterocycles. The number of benzene rings is 3. The first-order valence-electron chi connectivity index (χ1n) is 12.0. The summed E-state index contributed by atoms with van der Waals surface area (Å²) in [4.78, 5) is 16.2. The van der Waals surface area contributed by atoms with E-state index in [1.165, 1.54) is 33.2 Å². The molecular formula is C33H40IrNO2-. The van der Waals surface area contributed by atoms with Crippen molar-refractivity contribution in [1.82, 2.24) is 4.98 Å². The van der Waals surface area contributed by atoms with E-state index in [1.807, 2.05) is 47.7 Å². The van der Waals surface area contributed by atoms with Gasteiger partial charge in [0.25, 0.3) is 0 Å². The Labute approximate surface area is 236 Å². The van der Waals surface area contributed by atoms with Crippen LogP contribution in [-0.2, 0) is 24.9 Å².